The number of benzene rings is 2. The molecule has 1 amide bonds. The maximum Gasteiger partial charge on any atom is 0.226 e. The highest BCUT2D eigenvalue weighted by atomic mass is 32.1. The number of nitrogens with zero attached hydrogens (tertiary/aromatic N) is 2. The van der Waals surface area contributed by atoms with E-state index < -0.39 is 0 Å². The van der Waals surface area contributed by atoms with Crippen molar-refractivity contribution in [3.05, 3.63) is 70.7 Å². The standard InChI is InChI=1S/C21H23N3O2S/c1-15(17-6-4-3-5-7-17)14-19(25)22-21-24-23-20(27-21)13-10-16-8-11-18(26-2)12-9-16/h3-9,11-12,15H,10,13-14H2,1-2H3,(H,22,24,25). The molecule has 6 heteroatoms. The molecule has 0 saturated carbocycles. The van der Waals surface area contributed by atoms with Crippen LogP contribution in [-0.4, -0.2) is 23.2 Å². The molecule has 27 heavy (non-hydrogen) atoms. The summed E-state index contributed by atoms with van der Waals surface area (Å²) in [7, 11) is 1.66. The Hall–Kier alpha value is -2.73. The molecule has 1 atom stereocenters. The second-order valence-corrected chi connectivity index (χ2v) is 7.48. The number of aryl methyl sites for hydroxylation is 2. The molecule has 0 aliphatic carbocycles. The van der Waals surface area contributed by atoms with Gasteiger partial charge in [-0.25, -0.2) is 0 Å². The van der Waals surface area contributed by atoms with Crippen LogP contribution in [0.5, 0.6) is 5.75 Å². The van der Waals surface area contributed by atoms with Gasteiger partial charge in [0, 0.05) is 12.8 Å². The lowest BCUT2D eigenvalue weighted by Gasteiger charge is -2.10. The van der Waals surface area contributed by atoms with Crippen LogP contribution in [0.1, 0.15) is 35.4 Å². The zero-order valence-corrected chi connectivity index (χ0v) is 16.3. The highest BCUT2D eigenvalue weighted by Gasteiger charge is 2.13. The summed E-state index contributed by atoms with van der Waals surface area (Å²) in [6.45, 7) is 2.05. The fourth-order valence-electron chi connectivity index (χ4n) is 2.80. The van der Waals surface area contributed by atoms with E-state index in [2.05, 4.69) is 22.4 Å². The van der Waals surface area contributed by atoms with Gasteiger partial charge in [-0.15, -0.1) is 10.2 Å². The van der Waals surface area contributed by atoms with Crippen LogP contribution in [0, 0.1) is 0 Å². The van der Waals surface area contributed by atoms with E-state index in [1.54, 1.807) is 7.11 Å². The van der Waals surface area contributed by atoms with Crippen molar-refractivity contribution in [3.8, 4) is 5.75 Å². The third-order valence-electron chi connectivity index (χ3n) is 4.36. The molecule has 0 radical (unpaired) electrons. The summed E-state index contributed by atoms with van der Waals surface area (Å²) >= 11 is 1.43. The number of aromatic nitrogens is 2. The smallest absolute Gasteiger partial charge is 0.226 e. The summed E-state index contributed by atoms with van der Waals surface area (Å²) in [4.78, 5) is 12.3. The number of ether oxygens (including phenoxy) is 1. The van der Waals surface area contributed by atoms with Crippen LogP contribution in [0.15, 0.2) is 54.6 Å². The van der Waals surface area contributed by atoms with Gasteiger partial charge < -0.3 is 10.1 Å². The third kappa shape index (κ3) is 5.62. The van der Waals surface area contributed by atoms with E-state index >= 15 is 0 Å². The van der Waals surface area contributed by atoms with Gasteiger partial charge in [0.25, 0.3) is 0 Å². The van der Waals surface area contributed by atoms with Gasteiger partial charge in [-0.05, 0) is 35.6 Å². The van der Waals surface area contributed by atoms with E-state index in [1.165, 1.54) is 16.9 Å². The van der Waals surface area contributed by atoms with Gasteiger partial charge in [-0.3, -0.25) is 4.79 Å². The molecule has 0 bridgehead atoms. The first-order valence-electron chi connectivity index (χ1n) is 8.94. The van der Waals surface area contributed by atoms with Crippen molar-refractivity contribution >= 4 is 22.4 Å². The number of hydrogen-bond donors (Lipinski definition) is 1. The van der Waals surface area contributed by atoms with Crippen LogP contribution >= 0.6 is 11.3 Å². The Kier molecular flexibility index (Phi) is 6.54. The molecule has 0 aliphatic heterocycles. The van der Waals surface area contributed by atoms with E-state index in [4.69, 9.17) is 4.74 Å². The summed E-state index contributed by atoms with van der Waals surface area (Å²) in [5.41, 5.74) is 2.37. The van der Waals surface area contributed by atoms with Crippen molar-refractivity contribution in [1.29, 1.82) is 0 Å². The Balaban J connectivity index is 1.49. The first-order chi connectivity index (χ1) is 13.1. The molecule has 0 spiro atoms. The van der Waals surface area contributed by atoms with Crippen molar-refractivity contribution in [2.75, 3.05) is 12.4 Å². The number of nitrogens with one attached hydrogen (secondary N) is 1. The molecule has 140 valence electrons. The SMILES string of the molecule is COc1ccc(CCc2nnc(NC(=O)CC(C)c3ccccc3)s2)cc1. The summed E-state index contributed by atoms with van der Waals surface area (Å²) < 4.78 is 5.17. The number of anilines is 1. The lowest BCUT2D eigenvalue weighted by molar-refractivity contribution is -0.116. The molecule has 0 fully saturated rings. The van der Waals surface area contributed by atoms with E-state index in [-0.39, 0.29) is 11.8 Å². The Morgan fingerprint density at radius 1 is 1.07 bits per heavy atom. The highest BCUT2D eigenvalue weighted by Crippen LogP contribution is 2.22. The summed E-state index contributed by atoms with van der Waals surface area (Å²) in [5.74, 6) is 0.974. The number of hydrogen-bond acceptors (Lipinski definition) is 5. The van der Waals surface area contributed by atoms with Crippen molar-refractivity contribution in [1.82, 2.24) is 10.2 Å². The largest absolute Gasteiger partial charge is 0.497 e. The van der Waals surface area contributed by atoms with E-state index in [9.17, 15) is 4.79 Å². The topological polar surface area (TPSA) is 64.1 Å². The fraction of sp³-hybridized carbons (Fsp3) is 0.286. The minimum absolute atomic E-state index is 0.0378. The Morgan fingerprint density at radius 3 is 2.52 bits per heavy atom. The molecule has 1 aromatic heterocycles. The first kappa shape index (κ1) is 19.0. The predicted molar refractivity (Wildman–Crippen MR) is 108 cm³/mol. The minimum atomic E-state index is -0.0378. The number of carbonyl (C=O) groups excluding carboxylic acids is 1. The number of carbonyl (C=O) groups is 1. The van der Waals surface area contributed by atoms with Crippen molar-refractivity contribution in [3.63, 3.8) is 0 Å². The van der Waals surface area contributed by atoms with Gasteiger partial charge in [0.05, 0.1) is 7.11 Å². The monoisotopic (exact) mass is 381 g/mol. The molecule has 5 nitrogen and oxygen atoms in total. The number of methoxy groups -OCH3 is 1. The van der Waals surface area contributed by atoms with Crippen LogP contribution in [0.2, 0.25) is 0 Å². The van der Waals surface area contributed by atoms with E-state index in [0.717, 1.165) is 29.2 Å². The van der Waals surface area contributed by atoms with Crippen molar-refractivity contribution in [2.45, 2.75) is 32.1 Å². The molecule has 3 rings (SSSR count). The van der Waals surface area contributed by atoms with Crippen LogP contribution in [0.4, 0.5) is 5.13 Å². The minimum Gasteiger partial charge on any atom is -0.497 e. The second-order valence-electron chi connectivity index (χ2n) is 6.41. The Morgan fingerprint density at radius 2 is 1.81 bits per heavy atom. The highest BCUT2D eigenvalue weighted by molar-refractivity contribution is 7.15. The Labute approximate surface area is 163 Å². The fourth-order valence-corrected chi connectivity index (χ4v) is 3.55. The first-order valence-corrected chi connectivity index (χ1v) is 9.76. The number of amides is 1. The average molecular weight is 382 g/mol. The second kappa shape index (κ2) is 9.28. The lowest BCUT2D eigenvalue weighted by Crippen LogP contribution is -2.14. The van der Waals surface area contributed by atoms with Gasteiger partial charge in [0.2, 0.25) is 11.0 Å². The zero-order valence-electron chi connectivity index (χ0n) is 15.5. The predicted octanol–water partition coefficient (Wildman–Crippen LogP) is 4.46. The molecule has 1 N–H and O–H groups in total. The van der Waals surface area contributed by atoms with Gasteiger partial charge in [0.15, 0.2) is 0 Å². The maximum atomic E-state index is 12.3. The Bertz CT molecular complexity index is 863. The molecule has 1 heterocycles. The van der Waals surface area contributed by atoms with E-state index in [0.29, 0.717) is 11.6 Å². The molecule has 2 aromatic carbocycles. The van der Waals surface area contributed by atoms with Crippen LogP contribution in [0.25, 0.3) is 0 Å². The van der Waals surface area contributed by atoms with Crippen LogP contribution in [-0.2, 0) is 17.6 Å². The maximum absolute atomic E-state index is 12.3. The molecule has 3 aromatic rings. The molecule has 1 unspecified atom stereocenters. The van der Waals surface area contributed by atoms with Gasteiger partial charge in [0.1, 0.15) is 10.8 Å². The molecular formula is C21H23N3O2S. The van der Waals surface area contributed by atoms with Gasteiger partial charge >= 0.3 is 0 Å². The van der Waals surface area contributed by atoms with Crippen LogP contribution < -0.4 is 10.1 Å². The normalized spacial score (nSPS) is 11.8. The summed E-state index contributed by atoms with van der Waals surface area (Å²) in [5, 5.41) is 12.6. The molecule has 0 saturated heterocycles. The summed E-state index contributed by atoms with van der Waals surface area (Å²) in [6.07, 6.45) is 2.09. The van der Waals surface area contributed by atoms with Crippen molar-refractivity contribution < 1.29 is 9.53 Å². The van der Waals surface area contributed by atoms with Gasteiger partial charge in [-0.2, -0.15) is 0 Å². The average Bonchev–Trinajstić information content (AvgIpc) is 3.14. The molecular weight excluding hydrogens is 358 g/mol. The third-order valence-corrected chi connectivity index (χ3v) is 5.26. The van der Waals surface area contributed by atoms with Crippen molar-refractivity contribution in [2.24, 2.45) is 0 Å². The van der Waals surface area contributed by atoms with Gasteiger partial charge in [-0.1, -0.05) is 60.7 Å². The molecule has 0 aliphatic rings. The lowest BCUT2D eigenvalue weighted by atomic mass is 9.98. The zero-order chi connectivity index (χ0) is 19.1. The quantitative estimate of drug-likeness (QED) is 0.625. The van der Waals surface area contributed by atoms with Crippen LogP contribution in [0.3, 0.4) is 0 Å². The van der Waals surface area contributed by atoms with E-state index in [1.807, 2.05) is 54.6 Å². The summed E-state index contributed by atoms with van der Waals surface area (Å²) in [6, 6.07) is 18.0. The number of rotatable bonds is 8.